The molecule has 0 amide bonds. The number of unbranched alkanes of at least 4 members (excludes halogenated alkanes) is 2. The number of rotatable bonds is 10. The molecule has 0 radical (unpaired) electrons. The van der Waals surface area contributed by atoms with Crippen molar-refractivity contribution in [2.75, 3.05) is 26.3 Å². The van der Waals surface area contributed by atoms with E-state index in [9.17, 15) is 20.4 Å². The van der Waals surface area contributed by atoms with Crippen molar-refractivity contribution in [1.29, 1.82) is 0 Å². The summed E-state index contributed by atoms with van der Waals surface area (Å²) in [6.45, 7) is 4.06. The lowest BCUT2D eigenvalue weighted by atomic mass is 9.94. The molecule has 4 atom stereocenters. The molecule has 0 aromatic heterocycles. The van der Waals surface area contributed by atoms with E-state index in [-0.39, 0.29) is 13.2 Å². The molecular formula is C25H35NO5. The minimum atomic E-state index is -1.20. The number of ether oxygens (including phenoxy) is 1. The molecule has 6 nitrogen and oxygen atoms in total. The number of nitrogens with zero attached hydrogens (tertiary/aromatic N) is 1. The van der Waals surface area contributed by atoms with Crippen molar-refractivity contribution in [1.82, 2.24) is 4.90 Å². The zero-order valence-corrected chi connectivity index (χ0v) is 18.2. The molecule has 2 aromatic rings. The first-order valence-electron chi connectivity index (χ1n) is 11.1. The van der Waals surface area contributed by atoms with E-state index in [1.54, 1.807) is 0 Å². The first kappa shape index (κ1) is 23.9. The number of piperidine rings is 1. The molecule has 0 spiro atoms. The summed E-state index contributed by atoms with van der Waals surface area (Å²) in [5.41, 5.74) is 4.84. The van der Waals surface area contributed by atoms with Crippen molar-refractivity contribution in [3.63, 3.8) is 0 Å². The molecule has 3 rings (SSSR count). The van der Waals surface area contributed by atoms with Crippen LogP contribution in [0.5, 0.6) is 0 Å². The summed E-state index contributed by atoms with van der Waals surface area (Å²) in [6.07, 6.45) is -0.569. The second-order valence-electron chi connectivity index (χ2n) is 8.41. The third-order valence-electron chi connectivity index (χ3n) is 6.16. The van der Waals surface area contributed by atoms with Crippen LogP contribution in [-0.4, -0.2) is 76.0 Å². The average Bonchev–Trinajstić information content (AvgIpc) is 2.78. The smallest absolute Gasteiger partial charge is 0.109 e. The van der Waals surface area contributed by atoms with Crippen molar-refractivity contribution in [2.45, 2.75) is 57.1 Å². The van der Waals surface area contributed by atoms with E-state index < -0.39 is 24.4 Å². The zero-order valence-electron chi connectivity index (χ0n) is 18.2. The minimum Gasteiger partial charge on any atom is -0.395 e. The molecule has 1 saturated heterocycles. The van der Waals surface area contributed by atoms with Gasteiger partial charge in [-0.2, -0.15) is 0 Å². The van der Waals surface area contributed by atoms with Gasteiger partial charge in [0.2, 0.25) is 0 Å². The van der Waals surface area contributed by atoms with E-state index in [0.29, 0.717) is 19.8 Å². The molecule has 2 aromatic carbocycles. The standard InChI is InChI=1S/C25H35NO5/c1-18-14-20(19-8-4-2-5-9-19)10-11-21(18)17-31-13-7-3-6-12-26-15-23(28)25(30)24(29)22(26)16-27/h2,4-5,8-11,14,22-25,27-30H,3,6-7,12-13,15-17H2,1H3/t22-,23-,24+,25+/m0/s1. The third kappa shape index (κ3) is 6.35. The molecule has 1 aliphatic heterocycles. The van der Waals surface area contributed by atoms with Crippen molar-refractivity contribution >= 4 is 0 Å². The van der Waals surface area contributed by atoms with E-state index in [1.165, 1.54) is 22.3 Å². The van der Waals surface area contributed by atoms with Crippen molar-refractivity contribution in [2.24, 2.45) is 0 Å². The predicted molar refractivity (Wildman–Crippen MR) is 121 cm³/mol. The third-order valence-corrected chi connectivity index (χ3v) is 6.16. The second-order valence-corrected chi connectivity index (χ2v) is 8.41. The number of hydrogen-bond donors (Lipinski definition) is 4. The summed E-state index contributed by atoms with van der Waals surface area (Å²) < 4.78 is 5.86. The molecular weight excluding hydrogens is 394 g/mol. The largest absolute Gasteiger partial charge is 0.395 e. The number of aryl methyl sites for hydroxylation is 1. The molecule has 170 valence electrons. The van der Waals surface area contributed by atoms with Crippen LogP contribution in [0.25, 0.3) is 11.1 Å². The number of hydrogen-bond acceptors (Lipinski definition) is 6. The normalized spacial score (nSPS) is 24.4. The van der Waals surface area contributed by atoms with Crippen LogP contribution < -0.4 is 0 Å². The van der Waals surface area contributed by atoms with Crippen molar-refractivity contribution in [3.05, 3.63) is 59.7 Å². The maximum absolute atomic E-state index is 10.0. The van der Waals surface area contributed by atoms with Gasteiger partial charge in [0, 0.05) is 13.2 Å². The van der Waals surface area contributed by atoms with Crippen molar-refractivity contribution in [3.8, 4) is 11.1 Å². The molecule has 0 unspecified atom stereocenters. The van der Waals surface area contributed by atoms with Crippen LogP contribution in [0.1, 0.15) is 30.4 Å². The Labute approximate surface area is 184 Å². The van der Waals surface area contributed by atoms with Gasteiger partial charge in [0.25, 0.3) is 0 Å². The van der Waals surface area contributed by atoms with Crippen LogP contribution in [0.2, 0.25) is 0 Å². The summed E-state index contributed by atoms with van der Waals surface area (Å²) in [4.78, 5) is 1.86. The van der Waals surface area contributed by atoms with Gasteiger partial charge >= 0.3 is 0 Å². The Morgan fingerprint density at radius 1 is 0.935 bits per heavy atom. The molecule has 4 N–H and O–H groups in total. The average molecular weight is 430 g/mol. The van der Waals surface area contributed by atoms with E-state index in [4.69, 9.17) is 4.74 Å². The summed E-state index contributed by atoms with van der Waals surface area (Å²) in [6, 6.07) is 16.3. The van der Waals surface area contributed by atoms with Crippen molar-refractivity contribution < 1.29 is 25.2 Å². The lowest BCUT2D eigenvalue weighted by molar-refractivity contribution is -0.145. The maximum Gasteiger partial charge on any atom is 0.109 e. The molecule has 1 aliphatic rings. The maximum atomic E-state index is 10.0. The van der Waals surface area contributed by atoms with Gasteiger partial charge in [-0.3, -0.25) is 4.90 Å². The van der Waals surface area contributed by atoms with Gasteiger partial charge in [-0.05, 0) is 55.0 Å². The van der Waals surface area contributed by atoms with Gasteiger partial charge in [0.1, 0.15) is 12.2 Å². The predicted octanol–water partition coefficient (Wildman–Crippen LogP) is 2.11. The molecule has 6 heteroatoms. The summed E-state index contributed by atoms with van der Waals surface area (Å²) in [7, 11) is 0. The summed E-state index contributed by atoms with van der Waals surface area (Å²) in [5, 5.41) is 39.2. The van der Waals surface area contributed by atoms with Crippen LogP contribution in [-0.2, 0) is 11.3 Å². The lowest BCUT2D eigenvalue weighted by Crippen LogP contribution is -2.62. The van der Waals surface area contributed by atoms with E-state index >= 15 is 0 Å². The quantitative estimate of drug-likeness (QED) is 0.432. The van der Waals surface area contributed by atoms with Gasteiger partial charge in [0.05, 0.1) is 25.4 Å². The first-order valence-corrected chi connectivity index (χ1v) is 11.1. The number of aliphatic hydroxyl groups excluding tert-OH is 4. The fourth-order valence-electron chi connectivity index (χ4n) is 4.18. The van der Waals surface area contributed by atoms with Gasteiger partial charge in [-0.25, -0.2) is 0 Å². The van der Waals surface area contributed by atoms with Gasteiger partial charge < -0.3 is 25.2 Å². The van der Waals surface area contributed by atoms with Crippen LogP contribution in [0.15, 0.2) is 48.5 Å². The second kappa shape index (κ2) is 11.7. The topological polar surface area (TPSA) is 93.4 Å². The zero-order chi connectivity index (χ0) is 22.2. The van der Waals surface area contributed by atoms with Crippen LogP contribution >= 0.6 is 0 Å². The van der Waals surface area contributed by atoms with Gasteiger partial charge in [0.15, 0.2) is 0 Å². The molecule has 0 saturated carbocycles. The number of benzene rings is 2. The van der Waals surface area contributed by atoms with E-state index in [2.05, 4.69) is 37.3 Å². The molecule has 1 fully saturated rings. The Balaban J connectivity index is 1.35. The van der Waals surface area contributed by atoms with Crippen LogP contribution in [0, 0.1) is 6.92 Å². The van der Waals surface area contributed by atoms with E-state index in [1.807, 2.05) is 23.1 Å². The van der Waals surface area contributed by atoms with Gasteiger partial charge in [-0.1, -0.05) is 48.5 Å². The molecule has 0 aliphatic carbocycles. The first-order chi connectivity index (χ1) is 15.0. The lowest BCUT2D eigenvalue weighted by Gasteiger charge is -2.43. The Morgan fingerprint density at radius 3 is 2.42 bits per heavy atom. The Hall–Kier alpha value is -1.80. The molecule has 1 heterocycles. The highest BCUT2D eigenvalue weighted by atomic mass is 16.5. The van der Waals surface area contributed by atoms with Gasteiger partial charge in [-0.15, -0.1) is 0 Å². The SMILES string of the molecule is Cc1cc(-c2ccccc2)ccc1COCCCCCN1C[C@H](O)[C@@H](O)[C@H](O)[C@@H]1CO. The number of aliphatic hydroxyl groups is 4. The minimum absolute atomic E-state index is 0.240. The van der Waals surface area contributed by atoms with Crippen LogP contribution in [0.3, 0.4) is 0 Å². The Bertz CT molecular complexity index is 800. The highest BCUT2D eigenvalue weighted by Gasteiger charge is 2.40. The number of β-amino-alcohol motifs (C(OH)–C–C–N with tert-alkyl or cyclic N) is 1. The summed E-state index contributed by atoms with van der Waals surface area (Å²) >= 11 is 0. The monoisotopic (exact) mass is 429 g/mol. The van der Waals surface area contributed by atoms with E-state index in [0.717, 1.165) is 19.3 Å². The fourth-order valence-corrected chi connectivity index (χ4v) is 4.18. The highest BCUT2D eigenvalue weighted by Crippen LogP contribution is 2.23. The Kier molecular flexibility index (Phi) is 9.02. The van der Waals surface area contributed by atoms with Crippen LogP contribution in [0.4, 0.5) is 0 Å². The molecule has 0 bridgehead atoms. The molecule has 31 heavy (non-hydrogen) atoms. The highest BCUT2D eigenvalue weighted by molar-refractivity contribution is 5.64. The fraction of sp³-hybridized carbons (Fsp3) is 0.520. The Morgan fingerprint density at radius 2 is 1.71 bits per heavy atom. The summed E-state index contributed by atoms with van der Waals surface area (Å²) in [5.74, 6) is 0. The number of likely N-dealkylation sites (tertiary alicyclic amines) is 1.